The molecule has 2 rings (SSSR count). The Bertz CT molecular complexity index is 1090. The van der Waals surface area contributed by atoms with Crippen molar-refractivity contribution in [3.8, 4) is 5.75 Å². The second kappa shape index (κ2) is 10.1. The summed E-state index contributed by atoms with van der Waals surface area (Å²) in [5, 5.41) is 0. The lowest BCUT2D eigenvalue weighted by atomic mass is 10.1. The number of benzene rings is 2. The summed E-state index contributed by atoms with van der Waals surface area (Å²) in [7, 11) is -2.69. The Kier molecular flexibility index (Phi) is 8.02. The Labute approximate surface area is 183 Å². The van der Waals surface area contributed by atoms with E-state index < -0.39 is 40.1 Å². The fraction of sp³-hybridized carbons (Fsp3) is 0.333. The molecule has 0 aliphatic carbocycles. The average molecular weight is 473 g/mol. The molecule has 0 aliphatic rings. The van der Waals surface area contributed by atoms with E-state index in [4.69, 9.17) is 9.47 Å². The average Bonchev–Trinajstić information content (AvgIpc) is 2.76. The molecule has 0 N–H and O–H groups in total. The van der Waals surface area contributed by atoms with Gasteiger partial charge < -0.3 is 9.47 Å². The lowest BCUT2D eigenvalue weighted by Crippen LogP contribution is -2.31. The van der Waals surface area contributed by atoms with E-state index in [1.54, 1.807) is 13.8 Å². The van der Waals surface area contributed by atoms with Gasteiger partial charge in [0.2, 0.25) is 10.0 Å². The second-order valence-electron chi connectivity index (χ2n) is 6.53. The van der Waals surface area contributed by atoms with E-state index in [1.165, 1.54) is 29.6 Å². The summed E-state index contributed by atoms with van der Waals surface area (Å²) in [4.78, 5) is 24.3. The van der Waals surface area contributed by atoms with Crippen LogP contribution < -0.4 is 4.74 Å². The van der Waals surface area contributed by atoms with Gasteiger partial charge in [-0.2, -0.15) is 17.5 Å². The standard InChI is InChI=1S/C21H22F3NO6S/c1-4-25(5-2)32(28,29)19-12-15(9-10-18(19)30-3)20(27)31-13-17(26)14-7-6-8-16(11-14)21(22,23)24/h6-12H,4-5,13H2,1-3H3. The Morgan fingerprint density at radius 2 is 1.66 bits per heavy atom. The third-order valence-electron chi connectivity index (χ3n) is 4.57. The molecule has 11 heteroatoms. The minimum atomic E-state index is -4.62. The maximum absolute atomic E-state index is 12.9. The van der Waals surface area contributed by atoms with E-state index in [2.05, 4.69) is 0 Å². The maximum Gasteiger partial charge on any atom is 0.416 e. The minimum Gasteiger partial charge on any atom is -0.495 e. The van der Waals surface area contributed by atoms with Crippen LogP contribution in [0.15, 0.2) is 47.4 Å². The number of alkyl halides is 3. The molecule has 0 fully saturated rings. The van der Waals surface area contributed by atoms with Crippen molar-refractivity contribution in [2.75, 3.05) is 26.8 Å². The zero-order chi connectivity index (χ0) is 24.1. The molecular weight excluding hydrogens is 451 g/mol. The number of rotatable bonds is 9. The van der Waals surface area contributed by atoms with Crippen LogP contribution in [-0.4, -0.2) is 51.3 Å². The van der Waals surface area contributed by atoms with E-state index in [0.717, 1.165) is 18.2 Å². The number of methoxy groups -OCH3 is 1. The van der Waals surface area contributed by atoms with Crippen molar-refractivity contribution in [2.45, 2.75) is 24.9 Å². The summed E-state index contributed by atoms with van der Waals surface area (Å²) in [5.74, 6) is -1.83. The zero-order valence-corrected chi connectivity index (χ0v) is 18.4. The van der Waals surface area contributed by atoms with Gasteiger partial charge in [-0.15, -0.1) is 0 Å². The fourth-order valence-electron chi connectivity index (χ4n) is 2.87. The van der Waals surface area contributed by atoms with Crippen LogP contribution in [0, 0.1) is 0 Å². The van der Waals surface area contributed by atoms with Crippen LogP contribution >= 0.6 is 0 Å². The first-order valence-electron chi connectivity index (χ1n) is 9.51. The van der Waals surface area contributed by atoms with E-state index in [1.807, 2.05) is 0 Å². The number of ketones is 1. The molecule has 0 unspecified atom stereocenters. The number of esters is 1. The van der Waals surface area contributed by atoms with Gasteiger partial charge in [0.05, 0.1) is 18.2 Å². The number of hydrogen-bond acceptors (Lipinski definition) is 6. The lowest BCUT2D eigenvalue weighted by molar-refractivity contribution is -0.137. The van der Waals surface area contributed by atoms with Gasteiger partial charge in [0.15, 0.2) is 12.4 Å². The molecule has 0 bridgehead atoms. The highest BCUT2D eigenvalue weighted by atomic mass is 32.2. The maximum atomic E-state index is 12.9. The quantitative estimate of drug-likeness (QED) is 0.407. The van der Waals surface area contributed by atoms with Gasteiger partial charge >= 0.3 is 12.1 Å². The van der Waals surface area contributed by atoms with Gasteiger partial charge in [-0.3, -0.25) is 4.79 Å². The van der Waals surface area contributed by atoms with Gasteiger partial charge in [0.25, 0.3) is 0 Å². The molecule has 174 valence electrons. The van der Waals surface area contributed by atoms with Gasteiger partial charge in [-0.25, -0.2) is 13.2 Å². The van der Waals surface area contributed by atoms with E-state index >= 15 is 0 Å². The lowest BCUT2D eigenvalue weighted by Gasteiger charge is -2.20. The number of Topliss-reactive ketones (excluding diaryl/α,β-unsaturated/α-hetero) is 1. The summed E-state index contributed by atoms with van der Waals surface area (Å²) in [5.41, 5.74) is -1.43. The SMILES string of the molecule is CCN(CC)S(=O)(=O)c1cc(C(=O)OCC(=O)c2cccc(C(F)(F)F)c2)ccc1OC. The summed E-state index contributed by atoms with van der Waals surface area (Å²) in [6, 6.07) is 7.35. The highest BCUT2D eigenvalue weighted by Gasteiger charge is 2.31. The molecule has 2 aromatic rings. The topological polar surface area (TPSA) is 90.0 Å². The van der Waals surface area contributed by atoms with Crippen molar-refractivity contribution in [2.24, 2.45) is 0 Å². The van der Waals surface area contributed by atoms with Crippen LogP contribution in [0.2, 0.25) is 0 Å². The Morgan fingerprint density at radius 1 is 1.00 bits per heavy atom. The molecule has 0 saturated heterocycles. The van der Waals surface area contributed by atoms with Gasteiger partial charge in [0, 0.05) is 18.7 Å². The molecule has 0 heterocycles. The Hall–Kier alpha value is -2.92. The fourth-order valence-corrected chi connectivity index (χ4v) is 4.51. The summed E-state index contributed by atoms with van der Waals surface area (Å²) < 4.78 is 75.3. The van der Waals surface area contributed by atoms with Crippen LogP contribution in [-0.2, 0) is 20.9 Å². The normalized spacial score (nSPS) is 12.0. The van der Waals surface area contributed by atoms with Crippen LogP contribution in [0.5, 0.6) is 5.75 Å². The monoisotopic (exact) mass is 473 g/mol. The molecule has 0 spiro atoms. The molecule has 7 nitrogen and oxygen atoms in total. The van der Waals surface area contributed by atoms with Crippen LogP contribution in [0.25, 0.3) is 0 Å². The first-order valence-corrected chi connectivity index (χ1v) is 11.0. The molecule has 0 saturated carbocycles. The first kappa shape index (κ1) is 25.3. The third kappa shape index (κ3) is 5.65. The van der Waals surface area contributed by atoms with Crippen LogP contribution in [0.1, 0.15) is 40.1 Å². The highest BCUT2D eigenvalue weighted by molar-refractivity contribution is 7.89. The Morgan fingerprint density at radius 3 is 2.22 bits per heavy atom. The van der Waals surface area contributed by atoms with Crippen molar-refractivity contribution in [3.63, 3.8) is 0 Å². The number of ether oxygens (including phenoxy) is 2. The number of carbonyl (C=O) groups is 2. The molecule has 0 aromatic heterocycles. The predicted molar refractivity (Wildman–Crippen MR) is 109 cm³/mol. The van der Waals surface area contributed by atoms with E-state index in [0.29, 0.717) is 6.07 Å². The number of carbonyl (C=O) groups excluding carboxylic acids is 2. The minimum absolute atomic E-state index is 0.0218. The Balaban J connectivity index is 2.23. The first-order chi connectivity index (χ1) is 14.9. The molecule has 0 atom stereocenters. The smallest absolute Gasteiger partial charge is 0.416 e. The molecule has 0 radical (unpaired) electrons. The number of hydrogen-bond donors (Lipinski definition) is 0. The third-order valence-corrected chi connectivity index (χ3v) is 6.64. The summed E-state index contributed by atoms with van der Waals surface area (Å²) in [6.07, 6.45) is -4.62. The van der Waals surface area contributed by atoms with Crippen molar-refractivity contribution < 1.29 is 40.7 Å². The van der Waals surface area contributed by atoms with Gasteiger partial charge in [-0.05, 0) is 30.3 Å². The largest absolute Gasteiger partial charge is 0.495 e. The molecule has 2 aromatic carbocycles. The summed E-state index contributed by atoms with van der Waals surface area (Å²) >= 11 is 0. The van der Waals surface area contributed by atoms with E-state index in [-0.39, 0.29) is 34.9 Å². The van der Waals surface area contributed by atoms with Crippen molar-refractivity contribution >= 4 is 21.8 Å². The molecule has 0 amide bonds. The van der Waals surface area contributed by atoms with Crippen LogP contribution in [0.3, 0.4) is 0 Å². The predicted octanol–water partition coefficient (Wildman–Crippen LogP) is 3.78. The molecular formula is C21H22F3NO6S. The van der Waals surface area contributed by atoms with E-state index in [9.17, 15) is 31.2 Å². The second-order valence-corrected chi connectivity index (χ2v) is 8.44. The van der Waals surface area contributed by atoms with Crippen LogP contribution in [0.4, 0.5) is 13.2 Å². The number of nitrogens with zero attached hydrogens (tertiary/aromatic N) is 1. The summed E-state index contributed by atoms with van der Waals surface area (Å²) in [6.45, 7) is 2.89. The van der Waals surface area contributed by atoms with Crippen molar-refractivity contribution in [3.05, 3.63) is 59.2 Å². The number of sulfonamides is 1. The molecule has 0 aliphatic heterocycles. The van der Waals surface area contributed by atoms with Gasteiger partial charge in [-0.1, -0.05) is 26.0 Å². The highest BCUT2D eigenvalue weighted by Crippen LogP contribution is 2.30. The number of halogens is 3. The van der Waals surface area contributed by atoms with Crippen molar-refractivity contribution in [1.29, 1.82) is 0 Å². The van der Waals surface area contributed by atoms with Gasteiger partial charge in [0.1, 0.15) is 10.6 Å². The van der Waals surface area contributed by atoms with Crippen molar-refractivity contribution in [1.82, 2.24) is 4.31 Å². The zero-order valence-electron chi connectivity index (χ0n) is 17.6. The molecule has 32 heavy (non-hydrogen) atoms.